The molecule has 4 nitrogen and oxygen atoms in total. The minimum absolute atomic E-state index is 0.617. The zero-order chi connectivity index (χ0) is 13.2. The van der Waals surface area contributed by atoms with Gasteiger partial charge in [0.05, 0.1) is 17.0 Å². The van der Waals surface area contributed by atoms with Gasteiger partial charge in [0.2, 0.25) is 0 Å². The summed E-state index contributed by atoms with van der Waals surface area (Å²) in [5.74, 6) is 0. The molecule has 0 amide bonds. The van der Waals surface area contributed by atoms with Crippen molar-refractivity contribution in [3.05, 3.63) is 24.3 Å². The van der Waals surface area contributed by atoms with Crippen molar-refractivity contribution < 1.29 is 5.11 Å². The summed E-state index contributed by atoms with van der Waals surface area (Å²) < 4.78 is 0. The van der Waals surface area contributed by atoms with Crippen LogP contribution in [0.1, 0.15) is 13.8 Å². The fraction of sp³-hybridized carbons (Fsp3) is 0.571. The Morgan fingerprint density at radius 3 is 2.33 bits per heavy atom. The van der Waals surface area contributed by atoms with Gasteiger partial charge in [0.15, 0.2) is 0 Å². The lowest BCUT2D eigenvalue weighted by atomic mass is 10.1. The molecule has 0 bridgehead atoms. The van der Waals surface area contributed by atoms with E-state index in [-0.39, 0.29) is 0 Å². The van der Waals surface area contributed by atoms with Crippen LogP contribution in [0.5, 0.6) is 0 Å². The van der Waals surface area contributed by atoms with E-state index in [0.29, 0.717) is 0 Å². The van der Waals surface area contributed by atoms with Gasteiger partial charge >= 0.3 is 0 Å². The summed E-state index contributed by atoms with van der Waals surface area (Å²) in [5, 5.41) is 9.82. The van der Waals surface area contributed by atoms with Gasteiger partial charge in [0.1, 0.15) is 0 Å². The zero-order valence-corrected chi connectivity index (χ0v) is 11.3. The SMILES string of the molecule is CC(C)(O)CN1CCN(c2ccccc2N)CC1. The van der Waals surface area contributed by atoms with Crippen molar-refractivity contribution in [2.45, 2.75) is 19.4 Å². The monoisotopic (exact) mass is 249 g/mol. The first-order valence-electron chi connectivity index (χ1n) is 6.50. The van der Waals surface area contributed by atoms with E-state index in [0.717, 1.165) is 44.1 Å². The van der Waals surface area contributed by atoms with Crippen LogP contribution in [0.25, 0.3) is 0 Å². The first-order chi connectivity index (χ1) is 8.46. The van der Waals surface area contributed by atoms with Crippen molar-refractivity contribution >= 4 is 11.4 Å². The quantitative estimate of drug-likeness (QED) is 0.789. The number of para-hydroxylation sites is 2. The van der Waals surface area contributed by atoms with Gasteiger partial charge < -0.3 is 15.7 Å². The van der Waals surface area contributed by atoms with Crippen molar-refractivity contribution in [1.82, 2.24) is 4.90 Å². The Hall–Kier alpha value is -1.26. The highest BCUT2D eigenvalue weighted by Gasteiger charge is 2.23. The van der Waals surface area contributed by atoms with E-state index in [1.807, 2.05) is 32.0 Å². The van der Waals surface area contributed by atoms with Crippen LogP contribution in [-0.4, -0.2) is 48.3 Å². The number of hydrogen-bond donors (Lipinski definition) is 2. The Labute approximate surface area is 109 Å². The molecule has 1 heterocycles. The van der Waals surface area contributed by atoms with Gasteiger partial charge in [0, 0.05) is 32.7 Å². The highest BCUT2D eigenvalue weighted by molar-refractivity contribution is 5.67. The molecule has 0 unspecified atom stereocenters. The van der Waals surface area contributed by atoms with E-state index in [9.17, 15) is 5.11 Å². The summed E-state index contributed by atoms with van der Waals surface area (Å²) in [6.07, 6.45) is 0. The van der Waals surface area contributed by atoms with E-state index >= 15 is 0 Å². The minimum atomic E-state index is -0.617. The summed E-state index contributed by atoms with van der Waals surface area (Å²) in [6.45, 7) is 8.31. The Kier molecular flexibility index (Phi) is 3.78. The number of rotatable bonds is 3. The third kappa shape index (κ3) is 3.37. The highest BCUT2D eigenvalue weighted by atomic mass is 16.3. The van der Waals surface area contributed by atoms with Gasteiger partial charge in [-0.3, -0.25) is 4.90 Å². The smallest absolute Gasteiger partial charge is 0.0718 e. The molecule has 3 N–H and O–H groups in total. The Balaban J connectivity index is 1.93. The van der Waals surface area contributed by atoms with Crippen molar-refractivity contribution in [3.8, 4) is 0 Å². The van der Waals surface area contributed by atoms with Gasteiger partial charge in [-0.25, -0.2) is 0 Å². The van der Waals surface area contributed by atoms with Crippen molar-refractivity contribution in [1.29, 1.82) is 0 Å². The van der Waals surface area contributed by atoms with Crippen LogP contribution < -0.4 is 10.6 Å². The first-order valence-corrected chi connectivity index (χ1v) is 6.50. The molecule has 100 valence electrons. The van der Waals surface area contributed by atoms with Gasteiger partial charge in [-0.1, -0.05) is 12.1 Å². The molecule has 18 heavy (non-hydrogen) atoms. The average Bonchev–Trinajstić information content (AvgIpc) is 2.29. The van der Waals surface area contributed by atoms with Gasteiger partial charge in [-0.15, -0.1) is 0 Å². The second-order valence-electron chi connectivity index (χ2n) is 5.63. The second-order valence-corrected chi connectivity index (χ2v) is 5.63. The molecule has 2 rings (SSSR count). The maximum atomic E-state index is 9.82. The normalized spacial score (nSPS) is 18.1. The largest absolute Gasteiger partial charge is 0.397 e. The number of nitrogens with two attached hydrogens (primary N) is 1. The highest BCUT2D eigenvalue weighted by Crippen LogP contribution is 2.23. The second kappa shape index (κ2) is 5.16. The van der Waals surface area contributed by atoms with E-state index in [1.54, 1.807) is 0 Å². The number of nitrogen functional groups attached to an aromatic ring is 1. The Morgan fingerprint density at radius 1 is 1.17 bits per heavy atom. The lowest BCUT2D eigenvalue weighted by Gasteiger charge is -2.38. The molecule has 0 atom stereocenters. The molecule has 0 aliphatic carbocycles. The van der Waals surface area contributed by atoms with E-state index < -0.39 is 5.60 Å². The van der Waals surface area contributed by atoms with Gasteiger partial charge in [-0.05, 0) is 26.0 Å². The van der Waals surface area contributed by atoms with Crippen LogP contribution in [-0.2, 0) is 0 Å². The van der Waals surface area contributed by atoms with Crippen molar-refractivity contribution in [3.63, 3.8) is 0 Å². The molecule has 1 aliphatic heterocycles. The molecular weight excluding hydrogens is 226 g/mol. The molecular formula is C14H23N3O. The summed E-state index contributed by atoms with van der Waals surface area (Å²) >= 11 is 0. The minimum Gasteiger partial charge on any atom is -0.397 e. The fourth-order valence-electron chi connectivity index (χ4n) is 2.47. The van der Waals surface area contributed by atoms with Gasteiger partial charge in [0.25, 0.3) is 0 Å². The average molecular weight is 249 g/mol. The van der Waals surface area contributed by atoms with Crippen molar-refractivity contribution in [2.24, 2.45) is 0 Å². The number of benzene rings is 1. The summed E-state index contributed by atoms with van der Waals surface area (Å²) in [6, 6.07) is 8.00. The van der Waals surface area contributed by atoms with E-state index in [1.165, 1.54) is 0 Å². The zero-order valence-electron chi connectivity index (χ0n) is 11.3. The predicted octanol–water partition coefficient (Wildman–Crippen LogP) is 1.16. The van der Waals surface area contributed by atoms with E-state index in [4.69, 9.17) is 5.73 Å². The maximum Gasteiger partial charge on any atom is 0.0718 e. The topological polar surface area (TPSA) is 52.7 Å². The summed E-state index contributed by atoms with van der Waals surface area (Å²) in [7, 11) is 0. The molecule has 1 fully saturated rings. The van der Waals surface area contributed by atoms with Gasteiger partial charge in [-0.2, -0.15) is 0 Å². The number of hydrogen-bond acceptors (Lipinski definition) is 4. The maximum absolute atomic E-state index is 9.82. The number of aliphatic hydroxyl groups is 1. The number of β-amino-alcohol motifs (C(OH)–C–C–N with tert-alkyl or cyclic N) is 1. The third-order valence-corrected chi connectivity index (χ3v) is 3.26. The fourth-order valence-corrected chi connectivity index (χ4v) is 2.47. The van der Waals surface area contributed by atoms with Crippen LogP contribution in [0.4, 0.5) is 11.4 Å². The standard InChI is InChI=1S/C14H23N3O/c1-14(2,18)11-16-7-9-17(10-8-16)13-6-4-3-5-12(13)15/h3-6,18H,7-11,15H2,1-2H3. The summed E-state index contributed by atoms with van der Waals surface area (Å²) in [4.78, 5) is 4.62. The number of anilines is 2. The lowest BCUT2D eigenvalue weighted by Crippen LogP contribution is -2.50. The molecule has 0 spiro atoms. The molecule has 0 radical (unpaired) electrons. The predicted molar refractivity (Wildman–Crippen MR) is 75.8 cm³/mol. The molecule has 0 saturated carbocycles. The van der Waals surface area contributed by atoms with Crippen LogP contribution >= 0.6 is 0 Å². The first kappa shape index (κ1) is 13.2. The van der Waals surface area contributed by atoms with Crippen LogP contribution in [0.2, 0.25) is 0 Å². The van der Waals surface area contributed by atoms with Crippen LogP contribution in [0.15, 0.2) is 24.3 Å². The van der Waals surface area contributed by atoms with E-state index in [2.05, 4.69) is 15.9 Å². The molecule has 4 heteroatoms. The van der Waals surface area contributed by atoms with Crippen LogP contribution in [0, 0.1) is 0 Å². The molecule has 1 aliphatic rings. The number of nitrogens with zero attached hydrogens (tertiary/aromatic N) is 2. The molecule has 1 aromatic carbocycles. The molecule has 0 aromatic heterocycles. The van der Waals surface area contributed by atoms with Crippen LogP contribution in [0.3, 0.4) is 0 Å². The van der Waals surface area contributed by atoms with Crippen molar-refractivity contribution in [2.75, 3.05) is 43.4 Å². The number of piperazine rings is 1. The summed E-state index contributed by atoms with van der Waals surface area (Å²) in [5.41, 5.74) is 7.34. The molecule has 1 aromatic rings. The Bertz CT molecular complexity index is 392. The lowest BCUT2D eigenvalue weighted by molar-refractivity contribution is 0.0345. The third-order valence-electron chi connectivity index (χ3n) is 3.26. The molecule has 1 saturated heterocycles. The Morgan fingerprint density at radius 2 is 1.78 bits per heavy atom.